The summed E-state index contributed by atoms with van der Waals surface area (Å²) in [5.74, 6) is 0.727. The van der Waals surface area contributed by atoms with Gasteiger partial charge in [0.15, 0.2) is 6.61 Å². The van der Waals surface area contributed by atoms with Crippen LogP contribution in [0.4, 0.5) is 0 Å². The van der Waals surface area contributed by atoms with Crippen LogP contribution in [0.2, 0.25) is 0 Å². The molecule has 2 atom stereocenters. The second kappa shape index (κ2) is 6.29. The van der Waals surface area contributed by atoms with Crippen LogP contribution >= 0.6 is 0 Å². The Bertz CT molecular complexity index is 694. The van der Waals surface area contributed by atoms with Crippen LogP contribution < -0.4 is 4.74 Å². The third-order valence-electron chi connectivity index (χ3n) is 6.64. The third-order valence-corrected chi connectivity index (χ3v) is 6.64. The number of carbonyl (C=O) groups excluding carboxylic acids is 1. The van der Waals surface area contributed by atoms with E-state index in [1.807, 2.05) is 12.1 Å². The summed E-state index contributed by atoms with van der Waals surface area (Å²) in [5.41, 5.74) is 0.686. The zero-order chi connectivity index (χ0) is 18.4. The highest BCUT2D eigenvalue weighted by molar-refractivity contribution is 5.76. The van der Waals surface area contributed by atoms with Crippen molar-refractivity contribution in [3.05, 3.63) is 29.8 Å². The van der Waals surface area contributed by atoms with Gasteiger partial charge in [0, 0.05) is 0 Å². The van der Waals surface area contributed by atoms with E-state index in [4.69, 9.17) is 9.47 Å². The molecular formula is C21H26O5. The van der Waals surface area contributed by atoms with Gasteiger partial charge >= 0.3 is 11.9 Å². The zero-order valence-electron chi connectivity index (χ0n) is 15.2. The molecule has 5 heteroatoms. The van der Waals surface area contributed by atoms with Crippen molar-refractivity contribution in [2.24, 2.45) is 17.3 Å². The molecule has 0 aliphatic heterocycles. The second-order valence-electron chi connectivity index (χ2n) is 8.44. The van der Waals surface area contributed by atoms with Crippen molar-refractivity contribution in [3.63, 3.8) is 0 Å². The van der Waals surface area contributed by atoms with E-state index in [0.717, 1.165) is 32.1 Å². The second-order valence-corrected chi connectivity index (χ2v) is 8.44. The molecule has 2 unspecified atom stereocenters. The average Bonchev–Trinajstić information content (AvgIpc) is 2.59. The number of carboxylic acids is 1. The van der Waals surface area contributed by atoms with Gasteiger partial charge in [0.05, 0.1) is 12.0 Å². The number of hydrogen-bond acceptors (Lipinski definition) is 4. The fourth-order valence-corrected chi connectivity index (χ4v) is 6.10. The van der Waals surface area contributed by atoms with E-state index in [1.165, 1.54) is 12.0 Å². The molecule has 4 fully saturated rings. The number of esters is 1. The van der Waals surface area contributed by atoms with Gasteiger partial charge in [0.1, 0.15) is 5.75 Å². The van der Waals surface area contributed by atoms with E-state index in [0.29, 0.717) is 24.2 Å². The summed E-state index contributed by atoms with van der Waals surface area (Å²) in [6, 6.07) is 7.90. The smallest absolute Gasteiger partial charge is 0.344 e. The molecule has 26 heavy (non-hydrogen) atoms. The lowest BCUT2D eigenvalue weighted by molar-refractivity contribution is -0.167. The molecule has 0 radical (unpaired) electrons. The predicted molar refractivity (Wildman–Crippen MR) is 95.0 cm³/mol. The molecule has 0 amide bonds. The van der Waals surface area contributed by atoms with Crippen molar-refractivity contribution in [2.45, 2.75) is 50.9 Å². The molecule has 1 N–H and O–H groups in total. The molecule has 4 bridgehead atoms. The van der Waals surface area contributed by atoms with Gasteiger partial charge in [-0.3, -0.25) is 4.79 Å². The summed E-state index contributed by atoms with van der Waals surface area (Å²) < 4.78 is 10.3. The molecule has 0 spiro atoms. The Labute approximate surface area is 153 Å². The fourth-order valence-electron chi connectivity index (χ4n) is 6.10. The molecule has 4 aliphatic carbocycles. The first-order valence-corrected chi connectivity index (χ1v) is 9.57. The minimum atomic E-state index is -0.606. The monoisotopic (exact) mass is 358 g/mol. The standard InChI is InChI=1S/C21H26O5/c1-2-25-18(22)12-26-17-5-3-16(4-6-17)20-8-14-7-15(9-20)11-21(10-14,13-20)19(23)24/h3-6,14-15H,2,7-13H2,1H3,(H,23,24). The first-order chi connectivity index (χ1) is 12.4. The Balaban J connectivity index is 1.52. The van der Waals surface area contributed by atoms with E-state index in [2.05, 4.69) is 12.1 Å². The van der Waals surface area contributed by atoms with Crippen molar-refractivity contribution in [1.29, 1.82) is 0 Å². The lowest BCUT2D eigenvalue weighted by Crippen LogP contribution is -2.56. The Morgan fingerprint density at radius 2 is 1.77 bits per heavy atom. The van der Waals surface area contributed by atoms with E-state index >= 15 is 0 Å². The van der Waals surface area contributed by atoms with Crippen molar-refractivity contribution in [3.8, 4) is 5.75 Å². The van der Waals surface area contributed by atoms with Gasteiger partial charge in [0.2, 0.25) is 0 Å². The highest BCUT2D eigenvalue weighted by atomic mass is 16.6. The van der Waals surface area contributed by atoms with Gasteiger partial charge in [-0.25, -0.2) is 4.79 Å². The van der Waals surface area contributed by atoms with Gasteiger partial charge < -0.3 is 14.6 Å². The van der Waals surface area contributed by atoms with Gasteiger partial charge in [-0.15, -0.1) is 0 Å². The maximum atomic E-state index is 12.0. The van der Waals surface area contributed by atoms with Crippen LogP contribution in [0.1, 0.15) is 51.0 Å². The van der Waals surface area contributed by atoms with Crippen LogP contribution in [0.25, 0.3) is 0 Å². The number of rotatable bonds is 6. The van der Waals surface area contributed by atoms with Gasteiger partial charge in [-0.2, -0.15) is 0 Å². The normalized spacial score (nSPS) is 34.5. The van der Waals surface area contributed by atoms with Gasteiger partial charge in [-0.1, -0.05) is 12.1 Å². The molecule has 4 aliphatic rings. The number of benzene rings is 1. The highest BCUT2D eigenvalue weighted by Crippen LogP contribution is 2.65. The van der Waals surface area contributed by atoms with Crippen molar-refractivity contribution < 1.29 is 24.2 Å². The Kier molecular flexibility index (Phi) is 4.20. The number of ether oxygens (including phenoxy) is 2. The van der Waals surface area contributed by atoms with Crippen LogP contribution in [0.15, 0.2) is 24.3 Å². The largest absolute Gasteiger partial charge is 0.482 e. The highest BCUT2D eigenvalue weighted by Gasteiger charge is 2.61. The molecule has 5 nitrogen and oxygen atoms in total. The van der Waals surface area contributed by atoms with Crippen molar-refractivity contribution >= 4 is 11.9 Å². The molecule has 1 aromatic carbocycles. The zero-order valence-corrected chi connectivity index (χ0v) is 15.2. The number of aliphatic carboxylic acids is 1. The number of carbonyl (C=O) groups is 2. The molecule has 0 heterocycles. The van der Waals surface area contributed by atoms with Gasteiger partial charge in [-0.05, 0) is 80.4 Å². The van der Waals surface area contributed by atoms with E-state index < -0.39 is 11.4 Å². The topological polar surface area (TPSA) is 72.8 Å². The minimum Gasteiger partial charge on any atom is -0.482 e. The van der Waals surface area contributed by atoms with Crippen molar-refractivity contribution in [2.75, 3.05) is 13.2 Å². The lowest BCUT2D eigenvalue weighted by atomic mass is 9.43. The summed E-state index contributed by atoms with van der Waals surface area (Å²) in [4.78, 5) is 23.4. The maximum absolute atomic E-state index is 12.0. The van der Waals surface area contributed by atoms with Crippen LogP contribution in [0, 0.1) is 17.3 Å². The number of hydrogen-bond donors (Lipinski definition) is 1. The van der Waals surface area contributed by atoms with Crippen LogP contribution in [0.3, 0.4) is 0 Å². The molecule has 5 rings (SSSR count). The summed E-state index contributed by atoms with van der Waals surface area (Å²) in [7, 11) is 0. The fraction of sp³-hybridized carbons (Fsp3) is 0.619. The maximum Gasteiger partial charge on any atom is 0.344 e. The van der Waals surface area contributed by atoms with E-state index in [9.17, 15) is 14.7 Å². The quantitative estimate of drug-likeness (QED) is 0.787. The minimum absolute atomic E-state index is 0.0118. The molecule has 0 saturated heterocycles. The van der Waals surface area contributed by atoms with Gasteiger partial charge in [0.25, 0.3) is 0 Å². The first-order valence-electron chi connectivity index (χ1n) is 9.57. The van der Waals surface area contributed by atoms with Crippen molar-refractivity contribution in [1.82, 2.24) is 0 Å². The third kappa shape index (κ3) is 2.87. The Morgan fingerprint density at radius 1 is 1.12 bits per heavy atom. The number of carboxylic acid groups (broad SMARTS) is 1. The molecular weight excluding hydrogens is 332 g/mol. The molecule has 1 aromatic rings. The lowest BCUT2D eigenvalue weighted by Gasteiger charge is -2.60. The SMILES string of the molecule is CCOC(=O)COc1ccc(C23CC4CC(CC(C(=O)O)(C4)C2)C3)cc1. The summed E-state index contributed by atoms with van der Waals surface area (Å²) >= 11 is 0. The van der Waals surface area contributed by atoms with Crippen LogP contribution in [-0.2, 0) is 19.7 Å². The molecule has 0 aromatic heterocycles. The Hall–Kier alpha value is -2.04. The van der Waals surface area contributed by atoms with E-state index in [-0.39, 0.29) is 18.0 Å². The average molecular weight is 358 g/mol. The molecule has 4 saturated carbocycles. The first kappa shape index (κ1) is 17.4. The van der Waals surface area contributed by atoms with Crippen LogP contribution in [-0.4, -0.2) is 30.3 Å². The summed E-state index contributed by atoms with van der Waals surface area (Å²) in [5, 5.41) is 9.89. The Morgan fingerprint density at radius 3 is 2.35 bits per heavy atom. The molecule has 140 valence electrons. The summed E-state index contributed by atoms with van der Waals surface area (Å²) in [6.45, 7) is 2.02. The van der Waals surface area contributed by atoms with E-state index in [1.54, 1.807) is 6.92 Å². The summed E-state index contributed by atoms with van der Waals surface area (Å²) in [6.07, 6.45) is 5.84. The van der Waals surface area contributed by atoms with Crippen LogP contribution in [0.5, 0.6) is 5.75 Å². The predicted octanol–water partition coefficient (Wildman–Crippen LogP) is 3.55.